The van der Waals surface area contributed by atoms with Crippen molar-refractivity contribution >= 4 is 10.0 Å². The van der Waals surface area contributed by atoms with E-state index < -0.39 is 10.0 Å². The number of sulfonamides is 1. The van der Waals surface area contributed by atoms with Crippen molar-refractivity contribution in [3.63, 3.8) is 0 Å². The van der Waals surface area contributed by atoms with Gasteiger partial charge in [-0.3, -0.25) is 0 Å². The minimum Gasteiger partial charge on any atom is -0.457 e. The van der Waals surface area contributed by atoms with Crippen LogP contribution in [0.15, 0.2) is 59.5 Å². The van der Waals surface area contributed by atoms with Crippen LogP contribution in [0.2, 0.25) is 0 Å². The van der Waals surface area contributed by atoms with Gasteiger partial charge in [-0.1, -0.05) is 18.2 Å². The molecule has 2 fully saturated rings. The number of benzene rings is 2. The third-order valence-electron chi connectivity index (χ3n) is 4.92. The van der Waals surface area contributed by atoms with Crippen molar-refractivity contribution in [2.75, 3.05) is 6.54 Å². The normalized spacial score (nSPS) is 21.8. The SMILES string of the molecule is O=S(=O)(NC1CCNC2(CC2)C1)c1ccc(Oc2ccccc2)cc1. The number of rotatable bonds is 5. The quantitative estimate of drug-likeness (QED) is 0.862. The number of hydrogen-bond donors (Lipinski definition) is 2. The average molecular weight is 358 g/mol. The van der Waals surface area contributed by atoms with E-state index in [1.807, 2.05) is 30.3 Å². The zero-order chi connectivity index (χ0) is 17.3. The highest BCUT2D eigenvalue weighted by atomic mass is 32.2. The molecule has 1 aliphatic heterocycles. The molecule has 25 heavy (non-hydrogen) atoms. The summed E-state index contributed by atoms with van der Waals surface area (Å²) in [6, 6.07) is 16.0. The minimum atomic E-state index is -3.51. The molecule has 1 atom stereocenters. The number of ether oxygens (including phenoxy) is 1. The van der Waals surface area contributed by atoms with Crippen LogP contribution in [-0.4, -0.2) is 26.5 Å². The molecule has 132 valence electrons. The predicted octanol–water partition coefficient (Wildman–Crippen LogP) is 3.04. The van der Waals surface area contributed by atoms with E-state index in [4.69, 9.17) is 4.74 Å². The monoisotopic (exact) mass is 358 g/mol. The summed E-state index contributed by atoms with van der Waals surface area (Å²) in [5, 5.41) is 3.50. The van der Waals surface area contributed by atoms with Crippen molar-refractivity contribution in [3.8, 4) is 11.5 Å². The molecular formula is C19H22N2O3S. The van der Waals surface area contributed by atoms with Crippen molar-refractivity contribution in [2.24, 2.45) is 0 Å². The molecule has 2 aromatic rings. The lowest BCUT2D eigenvalue weighted by atomic mass is 9.98. The van der Waals surface area contributed by atoms with Gasteiger partial charge in [0.1, 0.15) is 11.5 Å². The van der Waals surface area contributed by atoms with Crippen molar-refractivity contribution in [3.05, 3.63) is 54.6 Å². The fourth-order valence-electron chi connectivity index (χ4n) is 3.39. The molecule has 1 unspecified atom stereocenters. The lowest BCUT2D eigenvalue weighted by molar-refractivity contribution is 0.330. The first-order valence-electron chi connectivity index (χ1n) is 8.65. The van der Waals surface area contributed by atoms with Gasteiger partial charge in [0, 0.05) is 11.6 Å². The molecule has 1 spiro atoms. The average Bonchev–Trinajstić information content (AvgIpc) is 3.34. The van der Waals surface area contributed by atoms with Crippen LogP contribution in [0.3, 0.4) is 0 Å². The number of nitrogens with one attached hydrogen (secondary N) is 2. The number of piperidine rings is 1. The standard InChI is InChI=1S/C19H22N2O3S/c22-25(23,21-15-10-13-20-19(14-15)11-12-19)18-8-6-17(7-9-18)24-16-4-2-1-3-5-16/h1-9,15,20-21H,10-14H2. The lowest BCUT2D eigenvalue weighted by Gasteiger charge is -2.30. The molecule has 0 radical (unpaired) electrons. The fraction of sp³-hybridized carbons (Fsp3) is 0.368. The number of para-hydroxylation sites is 1. The van der Waals surface area contributed by atoms with Gasteiger partial charge in [0.2, 0.25) is 10.0 Å². The topological polar surface area (TPSA) is 67.4 Å². The van der Waals surface area contributed by atoms with Crippen LogP contribution < -0.4 is 14.8 Å². The van der Waals surface area contributed by atoms with Crippen molar-refractivity contribution in [1.29, 1.82) is 0 Å². The molecule has 1 saturated carbocycles. The van der Waals surface area contributed by atoms with Gasteiger partial charge in [0.25, 0.3) is 0 Å². The van der Waals surface area contributed by atoms with Gasteiger partial charge in [-0.2, -0.15) is 0 Å². The van der Waals surface area contributed by atoms with Crippen LogP contribution in [-0.2, 0) is 10.0 Å². The molecule has 0 bridgehead atoms. The molecule has 2 N–H and O–H groups in total. The Bertz CT molecular complexity index is 831. The summed E-state index contributed by atoms with van der Waals surface area (Å²) in [5.74, 6) is 1.34. The Morgan fingerprint density at radius 1 is 1.00 bits per heavy atom. The summed E-state index contributed by atoms with van der Waals surface area (Å²) in [5.41, 5.74) is 0.193. The van der Waals surface area contributed by atoms with E-state index in [-0.39, 0.29) is 16.5 Å². The summed E-state index contributed by atoms with van der Waals surface area (Å²) in [4.78, 5) is 0.274. The molecule has 5 nitrogen and oxygen atoms in total. The minimum absolute atomic E-state index is 0.00833. The first-order valence-corrected chi connectivity index (χ1v) is 10.1. The Balaban J connectivity index is 1.43. The Hall–Kier alpha value is -1.89. The van der Waals surface area contributed by atoms with Gasteiger partial charge in [-0.05, 0) is 68.6 Å². The summed E-state index contributed by atoms with van der Waals surface area (Å²) in [6.45, 7) is 0.872. The molecule has 1 aliphatic carbocycles. The van der Waals surface area contributed by atoms with Gasteiger partial charge in [0.15, 0.2) is 0 Å². The zero-order valence-corrected chi connectivity index (χ0v) is 14.8. The van der Waals surface area contributed by atoms with E-state index in [9.17, 15) is 8.42 Å². The van der Waals surface area contributed by atoms with Crippen LogP contribution >= 0.6 is 0 Å². The lowest BCUT2D eigenvalue weighted by Crippen LogP contribution is -2.49. The molecule has 0 aromatic heterocycles. The van der Waals surface area contributed by atoms with Crippen molar-refractivity contribution in [2.45, 2.75) is 42.2 Å². The summed E-state index contributed by atoms with van der Waals surface area (Å²) in [6.07, 6.45) is 4.01. The van der Waals surface area contributed by atoms with E-state index in [1.165, 1.54) is 0 Å². The molecular weight excluding hydrogens is 336 g/mol. The highest BCUT2D eigenvalue weighted by Crippen LogP contribution is 2.42. The third kappa shape index (κ3) is 3.86. The molecule has 6 heteroatoms. The van der Waals surface area contributed by atoms with Crippen molar-refractivity contribution < 1.29 is 13.2 Å². The van der Waals surface area contributed by atoms with E-state index in [2.05, 4.69) is 10.0 Å². The first-order chi connectivity index (χ1) is 12.0. The second kappa shape index (κ2) is 6.44. The maximum atomic E-state index is 12.6. The molecule has 4 rings (SSSR count). The molecule has 2 aromatic carbocycles. The van der Waals surface area contributed by atoms with Crippen LogP contribution in [0.25, 0.3) is 0 Å². The van der Waals surface area contributed by atoms with Crippen LogP contribution in [0.1, 0.15) is 25.7 Å². The third-order valence-corrected chi connectivity index (χ3v) is 6.45. The zero-order valence-electron chi connectivity index (χ0n) is 13.9. The Kier molecular flexibility index (Phi) is 4.27. The van der Waals surface area contributed by atoms with E-state index in [0.29, 0.717) is 5.75 Å². The van der Waals surface area contributed by atoms with Crippen LogP contribution in [0.5, 0.6) is 11.5 Å². The Labute approximate surface area is 148 Å². The van der Waals surface area contributed by atoms with Crippen LogP contribution in [0.4, 0.5) is 0 Å². The summed E-state index contributed by atoms with van der Waals surface area (Å²) in [7, 11) is -3.51. The molecule has 2 aliphatic rings. The van der Waals surface area contributed by atoms with E-state index >= 15 is 0 Å². The second-order valence-electron chi connectivity index (χ2n) is 6.90. The Morgan fingerprint density at radius 2 is 1.68 bits per heavy atom. The summed E-state index contributed by atoms with van der Waals surface area (Å²) >= 11 is 0. The van der Waals surface area contributed by atoms with Crippen LogP contribution in [0, 0.1) is 0 Å². The van der Waals surface area contributed by atoms with Gasteiger partial charge in [-0.25, -0.2) is 13.1 Å². The van der Waals surface area contributed by atoms with Gasteiger partial charge >= 0.3 is 0 Å². The number of hydrogen-bond acceptors (Lipinski definition) is 4. The van der Waals surface area contributed by atoms with E-state index in [1.54, 1.807) is 24.3 Å². The molecule has 1 heterocycles. The van der Waals surface area contributed by atoms with Gasteiger partial charge in [0.05, 0.1) is 4.90 Å². The molecule has 1 saturated heterocycles. The smallest absolute Gasteiger partial charge is 0.240 e. The predicted molar refractivity (Wildman–Crippen MR) is 96.3 cm³/mol. The maximum absolute atomic E-state index is 12.6. The maximum Gasteiger partial charge on any atom is 0.240 e. The second-order valence-corrected chi connectivity index (χ2v) is 8.62. The largest absolute Gasteiger partial charge is 0.457 e. The fourth-order valence-corrected chi connectivity index (χ4v) is 4.66. The first kappa shape index (κ1) is 16.6. The molecule has 0 amide bonds. The van der Waals surface area contributed by atoms with E-state index in [0.717, 1.165) is 38.0 Å². The summed E-state index contributed by atoms with van der Waals surface area (Å²) < 4.78 is 33.8. The highest BCUT2D eigenvalue weighted by molar-refractivity contribution is 7.89. The van der Waals surface area contributed by atoms with Crippen molar-refractivity contribution in [1.82, 2.24) is 10.0 Å². The van der Waals surface area contributed by atoms with Gasteiger partial charge < -0.3 is 10.1 Å². The highest BCUT2D eigenvalue weighted by Gasteiger charge is 2.46. The Morgan fingerprint density at radius 3 is 2.36 bits per heavy atom. The van der Waals surface area contributed by atoms with Gasteiger partial charge in [-0.15, -0.1) is 0 Å².